The summed E-state index contributed by atoms with van der Waals surface area (Å²) in [5.41, 5.74) is 15.6. The van der Waals surface area contributed by atoms with Crippen LogP contribution in [0.5, 0.6) is 0 Å². The molecule has 0 fully saturated rings. The van der Waals surface area contributed by atoms with Gasteiger partial charge in [0, 0.05) is 28.9 Å². The van der Waals surface area contributed by atoms with Crippen molar-refractivity contribution in [2.45, 2.75) is 5.41 Å². The summed E-state index contributed by atoms with van der Waals surface area (Å²) in [7, 11) is 2.22. The van der Waals surface area contributed by atoms with Crippen LogP contribution in [0.4, 0.5) is 0 Å². The predicted octanol–water partition coefficient (Wildman–Crippen LogP) is 10.5. The molecule has 1 nitrogen and oxygen atoms in total. The Kier molecular flexibility index (Phi) is 4.38. The Hall–Kier alpha value is -5.40. The van der Waals surface area contributed by atoms with Gasteiger partial charge in [-0.1, -0.05) is 127 Å². The van der Waals surface area contributed by atoms with Crippen LogP contribution in [0, 0.1) is 0 Å². The minimum absolute atomic E-state index is 0.334. The third-order valence-corrected chi connectivity index (χ3v) is 10.2. The summed E-state index contributed by atoms with van der Waals surface area (Å²) in [5.74, 6) is 0. The van der Waals surface area contributed by atoms with Crippen LogP contribution in [0.15, 0.2) is 146 Å². The molecule has 1 aromatic heterocycles. The van der Waals surface area contributed by atoms with Gasteiger partial charge in [0.2, 0.25) is 0 Å². The zero-order valence-electron chi connectivity index (χ0n) is 23.8. The lowest BCUT2D eigenvalue weighted by molar-refractivity contribution is 0.794. The van der Waals surface area contributed by atoms with Crippen LogP contribution >= 0.6 is 0 Å². The van der Waals surface area contributed by atoms with Gasteiger partial charge in [-0.2, -0.15) is 0 Å². The first-order valence-corrected chi connectivity index (χ1v) is 15.1. The van der Waals surface area contributed by atoms with Crippen LogP contribution in [0.2, 0.25) is 0 Å². The summed E-state index contributed by atoms with van der Waals surface area (Å²) < 4.78 is 2.39. The molecule has 0 saturated heterocycles. The van der Waals surface area contributed by atoms with Gasteiger partial charge in [-0.3, -0.25) is 0 Å². The second kappa shape index (κ2) is 8.12. The normalized spacial score (nSPS) is 13.9. The minimum atomic E-state index is -0.334. The number of fused-ring (bicyclic) bond motifs is 14. The number of hydrogen-bond donors (Lipinski definition) is 0. The van der Waals surface area contributed by atoms with E-state index in [1.54, 1.807) is 0 Å². The molecule has 0 saturated carbocycles. The maximum Gasteiger partial charge on any atom is 0.0725 e. The third kappa shape index (κ3) is 2.78. The molecule has 43 heavy (non-hydrogen) atoms. The van der Waals surface area contributed by atoms with Crippen LogP contribution in [-0.2, 0) is 12.5 Å². The molecule has 0 radical (unpaired) electrons. The van der Waals surface area contributed by atoms with E-state index in [4.69, 9.17) is 0 Å². The van der Waals surface area contributed by atoms with Crippen molar-refractivity contribution < 1.29 is 0 Å². The summed E-state index contributed by atoms with van der Waals surface area (Å²) in [6, 6.07) is 54.5. The molecule has 0 bridgehead atoms. The van der Waals surface area contributed by atoms with Gasteiger partial charge in [0.15, 0.2) is 0 Å². The molecule has 1 spiro atoms. The van der Waals surface area contributed by atoms with Crippen molar-refractivity contribution in [1.82, 2.24) is 4.57 Å². The Morgan fingerprint density at radius 1 is 0.419 bits per heavy atom. The van der Waals surface area contributed by atoms with Crippen LogP contribution in [0.1, 0.15) is 22.3 Å². The number of hydrogen-bond acceptors (Lipinski definition) is 0. The molecule has 0 N–H and O–H groups in total. The molecule has 200 valence electrons. The van der Waals surface area contributed by atoms with Crippen LogP contribution in [0.3, 0.4) is 0 Å². The Labute approximate surface area is 250 Å². The van der Waals surface area contributed by atoms with E-state index in [2.05, 4.69) is 157 Å². The van der Waals surface area contributed by atoms with Gasteiger partial charge in [-0.15, -0.1) is 0 Å². The maximum atomic E-state index is 2.50. The SMILES string of the molecule is Cn1c2cc3ccccc3cc2c2cccc(-c3ccc4c(c3)C3(c5ccccc5-c5ccccc53)c3ccccc3-4)c21. The molecule has 2 aliphatic rings. The predicted molar refractivity (Wildman–Crippen MR) is 180 cm³/mol. The third-order valence-electron chi connectivity index (χ3n) is 10.2. The Morgan fingerprint density at radius 3 is 1.60 bits per heavy atom. The number of aryl methyl sites for hydroxylation is 1. The second-order valence-electron chi connectivity index (χ2n) is 12.1. The maximum absolute atomic E-state index is 2.50. The quantitative estimate of drug-likeness (QED) is 0.193. The van der Waals surface area contributed by atoms with Crippen molar-refractivity contribution >= 4 is 32.6 Å². The molecule has 1 heterocycles. The minimum Gasteiger partial charge on any atom is -0.343 e. The summed E-state index contributed by atoms with van der Waals surface area (Å²) >= 11 is 0. The van der Waals surface area contributed by atoms with Crippen molar-refractivity contribution in [1.29, 1.82) is 0 Å². The second-order valence-corrected chi connectivity index (χ2v) is 12.1. The molecule has 7 aromatic carbocycles. The molecule has 0 amide bonds. The Bertz CT molecular complexity index is 2410. The van der Waals surface area contributed by atoms with E-state index in [0.29, 0.717) is 0 Å². The standard InChI is InChI=1S/C42H27N/c1-43-40-25-27-12-3-2-11-26(27)23-35(40)34-17-10-16-29(41(34)43)28-21-22-33-32-15-6-9-20-38(32)42(39(33)24-28)36-18-7-4-13-30(36)31-14-5-8-19-37(31)42/h2-25H,1H3. The van der Waals surface area contributed by atoms with Crippen LogP contribution in [-0.4, -0.2) is 4.57 Å². The van der Waals surface area contributed by atoms with E-state index in [1.165, 1.54) is 88.2 Å². The molecule has 2 aliphatic carbocycles. The lowest BCUT2D eigenvalue weighted by Crippen LogP contribution is -2.25. The highest BCUT2D eigenvalue weighted by Crippen LogP contribution is 2.63. The van der Waals surface area contributed by atoms with E-state index in [9.17, 15) is 0 Å². The van der Waals surface area contributed by atoms with E-state index >= 15 is 0 Å². The first-order valence-electron chi connectivity index (χ1n) is 15.1. The summed E-state index contributed by atoms with van der Waals surface area (Å²) in [6.45, 7) is 0. The number of rotatable bonds is 1. The van der Waals surface area contributed by atoms with Gasteiger partial charge in [-0.05, 0) is 79.0 Å². The molecule has 8 aromatic rings. The monoisotopic (exact) mass is 545 g/mol. The van der Waals surface area contributed by atoms with Crippen LogP contribution in [0.25, 0.3) is 66.0 Å². The van der Waals surface area contributed by atoms with Gasteiger partial charge in [0.05, 0.1) is 10.9 Å². The fraction of sp³-hybridized carbons (Fsp3) is 0.0476. The lowest BCUT2D eigenvalue weighted by atomic mass is 9.70. The van der Waals surface area contributed by atoms with Gasteiger partial charge in [-0.25, -0.2) is 0 Å². The number of aromatic nitrogens is 1. The van der Waals surface area contributed by atoms with Crippen LogP contribution < -0.4 is 0 Å². The van der Waals surface area contributed by atoms with E-state index in [1.807, 2.05) is 0 Å². The number of nitrogens with zero attached hydrogens (tertiary/aromatic N) is 1. The van der Waals surface area contributed by atoms with Crippen molar-refractivity contribution in [3.05, 3.63) is 168 Å². The largest absolute Gasteiger partial charge is 0.343 e. The summed E-state index contributed by atoms with van der Waals surface area (Å²) in [5, 5.41) is 5.17. The van der Waals surface area contributed by atoms with Crippen molar-refractivity contribution in [3.63, 3.8) is 0 Å². The summed E-state index contributed by atoms with van der Waals surface area (Å²) in [4.78, 5) is 0. The first kappa shape index (κ1) is 23.2. The van der Waals surface area contributed by atoms with Gasteiger partial charge in [0.25, 0.3) is 0 Å². The Morgan fingerprint density at radius 2 is 0.953 bits per heavy atom. The molecule has 0 atom stereocenters. The molecule has 10 rings (SSSR count). The first-order chi connectivity index (χ1) is 21.2. The molecular weight excluding hydrogens is 518 g/mol. The average molecular weight is 546 g/mol. The average Bonchev–Trinajstić information content (AvgIpc) is 3.65. The highest BCUT2D eigenvalue weighted by atomic mass is 14.9. The highest BCUT2D eigenvalue weighted by molar-refractivity contribution is 6.16. The highest BCUT2D eigenvalue weighted by Gasteiger charge is 2.51. The fourth-order valence-electron chi connectivity index (χ4n) is 8.46. The van der Waals surface area contributed by atoms with Gasteiger partial charge < -0.3 is 4.57 Å². The van der Waals surface area contributed by atoms with Gasteiger partial charge >= 0.3 is 0 Å². The molecular formula is C42H27N. The van der Waals surface area contributed by atoms with Crippen molar-refractivity contribution in [2.24, 2.45) is 7.05 Å². The molecule has 0 aliphatic heterocycles. The number of para-hydroxylation sites is 1. The van der Waals surface area contributed by atoms with E-state index in [-0.39, 0.29) is 5.41 Å². The van der Waals surface area contributed by atoms with Crippen molar-refractivity contribution in [3.8, 4) is 33.4 Å². The topological polar surface area (TPSA) is 4.93 Å². The fourth-order valence-corrected chi connectivity index (χ4v) is 8.46. The number of benzene rings is 7. The van der Waals surface area contributed by atoms with Gasteiger partial charge in [0.1, 0.15) is 0 Å². The molecule has 1 heteroatoms. The molecule has 0 unspecified atom stereocenters. The zero-order valence-corrected chi connectivity index (χ0v) is 23.8. The lowest BCUT2D eigenvalue weighted by Gasteiger charge is -2.30. The van der Waals surface area contributed by atoms with E-state index in [0.717, 1.165) is 0 Å². The summed E-state index contributed by atoms with van der Waals surface area (Å²) in [6.07, 6.45) is 0. The Balaban J connectivity index is 1.30. The van der Waals surface area contributed by atoms with E-state index < -0.39 is 0 Å². The van der Waals surface area contributed by atoms with Crippen molar-refractivity contribution in [2.75, 3.05) is 0 Å². The smallest absolute Gasteiger partial charge is 0.0725 e. The zero-order chi connectivity index (χ0) is 28.3.